The summed E-state index contributed by atoms with van der Waals surface area (Å²) in [6, 6.07) is 5.19. The van der Waals surface area contributed by atoms with Crippen LogP contribution in [0.15, 0.2) is 18.2 Å². The minimum absolute atomic E-state index is 0.272. The Kier molecular flexibility index (Phi) is 3.15. The van der Waals surface area contributed by atoms with E-state index in [0.717, 1.165) is 24.6 Å². The predicted molar refractivity (Wildman–Crippen MR) is 61.7 cm³/mol. The highest BCUT2D eigenvalue weighted by Crippen LogP contribution is 2.25. The maximum Gasteiger partial charge on any atom is 0.165 e. The Labute approximate surface area is 95.7 Å². The van der Waals surface area contributed by atoms with Gasteiger partial charge in [-0.05, 0) is 37.0 Å². The van der Waals surface area contributed by atoms with Crippen LogP contribution in [0.5, 0.6) is 5.75 Å². The van der Waals surface area contributed by atoms with E-state index in [0.29, 0.717) is 6.04 Å². The Balaban J connectivity index is 2.06. The van der Waals surface area contributed by atoms with Crippen LogP contribution in [0.1, 0.15) is 25.8 Å². The second kappa shape index (κ2) is 4.42. The van der Waals surface area contributed by atoms with E-state index in [9.17, 15) is 4.39 Å². The first kappa shape index (κ1) is 11.4. The normalized spacial score (nSPS) is 26.2. The molecule has 0 radical (unpaired) electrons. The molecule has 1 heterocycles. The minimum Gasteiger partial charge on any atom is -0.505 e. The second-order valence-corrected chi connectivity index (χ2v) is 4.91. The van der Waals surface area contributed by atoms with Gasteiger partial charge in [-0.1, -0.05) is 13.0 Å². The zero-order valence-electron chi connectivity index (χ0n) is 9.78. The monoisotopic (exact) mass is 223 g/mol. The maximum absolute atomic E-state index is 13.2. The van der Waals surface area contributed by atoms with Gasteiger partial charge < -0.3 is 5.11 Å². The van der Waals surface area contributed by atoms with Gasteiger partial charge in [0.25, 0.3) is 0 Å². The van der Waals surface area contributed by atoms with Crippen LogP contribution in [0.25, 0.3) is 0 Å². The number of aromatic hydroxyl groups is 1. The fourth-order valence-electron chi connectivity index (χ4n) is 2.49. The number of rotatable bonds is 2. The summed E-state index contributed by atoms with van der Waals surface area (Å²) >= 11 is 0. The Bertz CT molecular complexity index is 380. The lowest BCUT2D eigenvalue weighted by Gasteiger charge is -2.21. The molecule has 16 heavy (non-hydrogen) atoms. The molecule has 1 aromatic carbocycles. The van der Waals surface area contributed by atoms with Crippen LogP contribution in [0.4, 0.5) is 4.39 Å². The van der Waals surface area contributed by atoms with Gasteiger partial charge in [0, 0.05) is 19.1 Å². The van der Waals surface area contributed by atoms with Crippen LogP contribution in [0, 0.1) is 11.7 Å². The molecular formula is C13H18FNO. The number of benzene rings is 1. The molecule has 1 saturated heterocycles. The number of phenols is 1. The molecule has 0 aromatic heterocycles. The van der Waals surface area contributed by atoms with E-state index in [1.807, 2.05) is 0 Å². The van der Waals surface area contributed by atoms with Crippen LogP contribution < -0.4 is 0 Å². The van der Waals surface area contributed by atoms with E-state index >= 15 is 0 Å². The molecule has 0 aliphatic carbocycles. The molecule has 0 bridgehead atoms. The van der Waals surface area contributed by atoms with Crippen molar-refractivity contribution in [1.82, 2.24) is 4.90 Å². The van der Waals surface area contributed by atoms with Crippen molar-refractivity contribution < 1.29 is 9.50 Å². The van der Waals surface area contributed by atoms with Gasteiger partial charge in [-0.3, -0.25) is 4.90 Å². The largest absolute Gasteiger partial charge is 0.505 e. The SMILES string of the molecule is CC1CC(C)N(Cc2ccc(O)c(F)c2)C1. The summed E-state index contributed by atoms with van der Waals surface area (Å²) in [5, 5.41) is 9.11. The number of nitrogens with zero attached hydrogens (tertiary/aromatic N) is 1. The van der Waals surface area contributed by atoms with Crippen molar-refractivity contribution >= 4 is 0 Å². The van der Waals surface area contributed by atoms with Crippen molar-refractivity contribution in [2.45, 2.75) is 32.9 Å². The molecule has 1 N–H and O–H groups in total. The van der Waals surface area contributed by atoms with E-state index in [-0.39, 0.29) is 5.75 Å². The molecule has 1 fully saturated rings. The van der Waals surface area contributed by atoms with Gasteiger partial charge in [0.05, 0.1) is 0 Å². The van der Waals surface area contributed by atoms with Crippen LogP contribution in [0.2, 0.25) is 0 Å². The highest BCUT2D eigenvalue weighted by atomic mass is 19.1. The summed E-state index contributed by atoms with van der Waals surface area (Å²) in [4.78, 5) is 2.36. The van der Waals surface area contributed by atoms with Gasteiger partial charge in [-0.2, -0.15) is 0 Å². The summed E-state index contributed by atoms with van der Waals surface area (Å²) in [7, 11) is 0. The molecule has 3 heteroatoms. The quantitative estimate of drug-likeness (QED) is 0.833. The standard InChI is InChI=1S/C13H18FNO/c1-9-5-10(2)15(7-9)8-11-3-4-13(16)12(14)6-11/h3-4,6,9-10,16H,5,7-8H2,1-2H3. The molecule has 88 valence electrons. The van der Waals surface area contributed by atoms with Crippen molar-refractivity contribution in [1.29, 1.82) is 0 Å². The van der Waals surface area contributed by atoms with Gasteiger partial charge in [-0.25, -0.2) is 4.39 Å². The molecule has 0 saturated carbocycles. The van der Waals surface area contributed by atoms with Gasteiger partial charge in [0.15, 0.2) is 11.6 Å². The Morgan fingerprint density at radius 3 is 2.75 bits per heavy atom. The van der Waals surface area contributed by atoms with E-state index < -0.39 is 5.82 Å². The molecule has 1 aliphatic rings. The number of hydrogen-bond donors (Lipinski definition) is 1. The van der Waals surface area contributed by atoms with E-state index in [4.69, 9.17) is 5.11 Å². The lowest BCUT2D eigenvalue weighted by Crippen LogP contribution is -2.26. The van der Waals surface area contributed by atoms with Crippen molar-refractivity contribution in [2.75, 3.05) is 6.54 Å². The number of hydrogen-bond acceptors (Lipinski definition) is 2. The average molecular weight is 223 g/mol. The van der Waals surface area contributed by atoms with Gasteiger partial charge in [0.1, 0.15) is 0 Å². The third-order valence-electron chi connectivity index (χ3n) is 3.31. The van der Waals surface area contributed by atoms with Gasteiger partial charge in [0.2, 0.25) is 0 Å². The van der Waals surface area contributed by atoms with Crippen molar-refractivity contribution in [3.05, 3.63) is 29.6 Å². The fourth-order valence-corrected chi connectivity index (χ4v) is 2.49. The smallest absolute Gasteiger partial charge is 0.165 e. The van der Waals surface area contributed by atoms with Crippen LogP contribution >= 0.6 is 0 Å². The van der Waals surface area contributed by atoms with Crippen LogP contribution in [0.3, 0.4) is 0 Å². The van der Waals surface area contributed by atoms with Crippen LogP contribution in [-0.4, -0.2) is 22.6 Å². The zero-order chi connectivity index (χ0) is 11.7. The number of halogens is 1. The molecule has 0 spiro atoms. The first-order valence-corrected chi connectivity index (χ1v) is 5.77. The molecular weight excluding hydrogens is 205 g/mol. The van der Waals surface area contributed by atoms with E-state index in [1.54, 1.807) is 6.07 Å². The summed E-state index contributed by atoms with van der Waals surface area (Å²) in [6.07, 6.45) is 1.21. The first-order chi connectivity index (χ1) is 7.56. The average Bonchev–Trinajstić information content (AvgIpc) is 2.51. The predicted octanol–water partition coefficient (Wildman–Crippen LogP) is 2.76. The first-order valence-electron chi connectivity index (χ1n) is 5.77. The van der Waals surface area contributed by atoms with Crippen molar-refractivity contribution in [2.24, 2.45) is 5.92 Å². The van der Waals surface area contributed by atoms with E-state index in [1.165, 1.54) is 18.6 Å². The summed E-state index contributed by atoms with van der Waals surface area (Å²) in [5.74, 6) is -0.0825. The van der Waals surface area contributed by atoms with Crippen LogP contribution in [-0.2, 0) is 6.54 Å². The second-order valence-electron chi connectivity index (χ2n) is 4.91. The lowest BCUT2D eigenvalue weighted by molar-refractivity contribution is 0.256. The van der Waals surface area contributed by atoms with Gasteiger partial charge in [-0.15, -0.1) is 0 Å². The lowest BCUT2D eigenvalue weighted by atomic mass is 10.1. The third-order valence-corrected chi connectivity index (χ3v) is 3.31. The Morgan fingerprint density at radius 2 is 2.19 bits per heavy atom. The minimum atomic E-state index is -0.530. The molecule has 2 nitrogen and oxygen atoms in total. The molecule has 2 rings (SSSR count). The highest BCUT2D eigenvalue weighted by molar-refractivity contribution is 5.28. The molecule has 2 unspecified atom stereocenters. The zero-order valence-corrected chi connectivity index (χ0v) is 9.78. The number of likely N-dealkylation sites (tertiary alicyclic amines) is 1. The highest BCUT2D eigenvalue weighted by Gasteiger charge is 2.25. The van der Waals surface area contributed by atoms with Crippen molar-refractivity contribution in [3.8, 4) is 5.75 Å². The summed E-state index contributed by atoms with van der Waals surface area (Å²) in [6.45, 7) is 6.29. The molecule has 1 aliphatic heterocycles. The Hall–Kier alpha value is -1.09. The fraction of sp³-hybridized carbons (Fsp3) is 0.538. The summed E-state index contributed by atoms with van der Waals surface area (Å²) < 4.78 is 13.2. The molecule has 1 aromatic rings. The van der Waals surface area contributed by atoms with E-state index in [2.05, 4.69) is 18.7 Å². The molecule has 2 atom stereocenters. The molecule has 0 amide bonds. The number of phenolic OH excluding ortho intramolecular Hbond substituents is 1. The third kappa shape index (κ3) is 2.35. The van der Waals surface area contributed by atoms with Crippen molar-refractivity contribution in [3.63, 3.8) is 0 Å². The maximum atomic E-state index is 13.2. The Morgan fingerprint density at radius 1 is 1.44 bits per heavy atom. The topological polar surface area (TPSA) is 23.5 Å². The van der Waals surface area contributed by atoms with Gasteiger partial charge >= 0.3 is 0 Å². The summed E-state index contributed by atoms with van der Waals surface area (Å²) in [5.41, 5.74) is 0.927.